The largest absolute Gasteiger partial charge is 0.482 e. The Morgan fingerprint density at radius 3 is 2.80 bits per heavy atom. The van der Waals surface area contributed by atoms with Gasteiger partial charge in [-0.2, -0.15) is 8.78 Å². The molecule has 7 heteroatoms. The molecule has 1 atom stereocenters. The fourth-order valence-corrected chi connectivity index (χ4v) is 2.59. The van der Waals surface area contributed by atoms with E-state index in [4.69, 9.17) is 10.5 Å². The molecule has 1 heterocycles. The van der Waals surface area contributed by atoms with Gasteiger partial charge in [0.15, 0.2) is 11.3 Å². The van der Waals surface area contributed by atoms with Gasteiger partial charge in [0.2, 0.25) is 0 Å². The van der Waals surface area contributed by atoms with Gasteiger partial charge >= 0.3 is 6.08 Å². The zero-order chi connectivity index (χ0) is 14.9. The molecule has 1 unspecified atom stereocenters. The van der Waals surface area contributed by atoms with Crippen molar-refractivity contribution in [1.82, 2.24) is 0 Å². The minimum absolute atomic E-state index is 0.000162. The topological polar surface area (TPSA) is 47.6 Å². The summed E-state index contributed by atoms with van der Waals surface area (Å²) in [6.07, 6.45) is -1.93. The summed E-state index contributed by atoms with van der Waals surface area (Å²) in [7, 11) is 0. The predicted molar refractivity (Wildman–Crippen MR) is 72.9 cm³/mol. The summed E-state index contributed by atoms with van der Waals surface area (Å²) in [4.78, 5) is 4.08. The average Bonchev–Trinajstić information content (AvgIpc) is 2.40. The van der Waals surface area contributed by atoms with Gasteiger partial charge in [0, 0.05) is 10.0 Å². The first kappa shape index (κ1) is 14.9. The molecule has 0 saturated carbocycles. The summed E-state index contributed by atoms with van der Waals surface area (Å²) in [5.41, 5.74) is 3.97. The fourth-order valence-electron chi connectivity index (χ4n) is 2.23. The molecule has 0 spiro atoms. The molecule has 0 aliphatic carbocycles. The molecule has 2 N–H and O–H groups in total. The standard InChI is InChI=1S/C13H12BrF3N2O/c1-2-13(8-5-7(14)3-4-9(8)15)11(12(16)17)20-6-10(18)19-13/h3-5H,2,6H2,1H3,(H2,18,19). The van der Waals surface area contributed by atoms with E-state index < -0.39 is 23.2 Å². The smallest absolute Gasteiger partial charge is 0.310 e. The van der Waals surface area contributed by atoms with Crippen LogP contribution in [-0.2, 0) is 10.3 Å². The number of benzene rings is 1. The maximum absolute atomic E-state index is 14.1. The van der Waals surface area contributed by atoms with Gasteiger partial charge in [0.05, 0.1) is 0 Å². The van der Waals surface area contributed by atoms with E-state index in [1.165, 1.54) is 18.2 Å². The summed E-state index contributed by atoms with van der Waals surface area (Å²) >= 11 is 3.20. The Morgan fingerprint density at radius 2 is 2.20 bits per heavy atom. The second-order valence-corrected chi connectivity index (χ2v) is 5.24. The van der Waals surface area contributed by atoms with Crippen LogP contribution in [0.1, 0.15) is 18.9 Å². The highest BCUT2D eigenvalue weighted by molar-refractivity contribution is 9.10. The molecule has 108 valence electrons. The fraction of sp³-hybridized carbons (Fsp3) is 0.308. The molecule has 1 aliphatic rings. The summed E-state index contributed by atoms with van der Waals surface area (Å²) in [6, 6.07) is 4.08. The molecule has 0 saturated heterocycles. The number of hydrogen-bond donors (Lipinski definition) is 1. The monoisotopic (exact) mass is 348 g/mol. The van der Waals surface area contributed by atoms with Gasteiger partial charge in [-0.3, -0.25) is 0 Å². The molecule has 3 nitrogen and oxygen atoms in total. The second kappa shape index (κ2) is 5.47. The zero-order valence-corrected chi connectivity index (χ0v) is 12.2. The lowest BCUT2D eigenvalue weighted by Gasteiger charge is -2.34. The Bertz CT molecular complexity index is 599. The maximum atomic E-state index is 14.1. The van der Waals surface area contributed by atoms with Crippen LogP contribution < -0.4 is 5.73 Å². The molecule has 2 rings (SSSR count). The van der Waals surface area contributed by atoms with Crippen molar-refractivity contribution in [1.29, 1.82) is 0 Å². The van der Waals surface area contributed by atoms with Crippen LogP contribution in [0.15, 0.2) is 39.5 Å². The molecule has 0 radical (unpaired) electrons. The van der Waals surface area contributed by atoms with E-state index in [1.54, 1.807) is 6.92 Å². The maximum Gasteiger partial charge on any atom is 0.310 e. The van der Waals surface area contributed by atoms with E-state index in [0.717, 1.165) is 0 Å². The molecular weight excluding hydrogens is 337 g/mol. The Labute approximate surface area is 122 Å². The van der Waals surface area contributed by atoms with Crippen molar-refractivity contribution in [2.75, 3.05) is 6.61 Å². The molecule has 0 bridgehead atoms. The van der Waals surface area contributed by atoms with Crippen LogP contribution in [0.4, 0.5) is 13.2 Å². The van der Waals surface area contributed by atoms with Crippen LogP contribution >= 0.6 is 15.9 Å². The van der Waals surface area contributed by atoms with Crippen LogP contribution in [-0.4, -0.2) is 12.4 Å². The summed E-state index contributed by atoms with van der Waals surface area (Å²) < 4.78 is 46.0. The van der Waals surface area contributed by atoms with Crippen molar-refractivity contribution in [3.63, 3.8) is 0 Å². The predicted octanol–water partition coefficient (Wildman–Crippen LogP) is 3.69. The quantitative estimate of drug-likeness (QED) is 0.885. The number of amidine groups is 1. The number of halogens is 4. The lowest BCUT2D eigenvalue weighted by molar-refractivity contribution is 0.148. The van der Waals surface area contributed by atoms with Gasteiger partial charge < -0.3 is 10.5 Å². The van der Waals surface area contributed by atoms with Crippen LogP contribution in [0.25, 0.3) is 0 Å². The van der Waals surface area contributed by atoms with Crippen molar-refractivity contribution >= 4 is 21.8 Å². The molecule has 20 heavy (non-hydrogen) atoms. The Kier molecular flexibility index (Phi) is 4.08. The summed E-state index contributed by atoms with van der Waals surface area (Å²) in [5, 5.41) is 0. The summed E-state index contributed by atoms with van der Waals surface area (Å²) in [5.74, 6) is -1.24. The first-order valence-electron chi connectivity index (χ1n) is 5.89. The Hall–Kier alpha value is -1.50. The first-order valence-corrected chi connectivity index (χ1v) is 6.68. The van der Waals surface area contributed by atoms with E-state index in [0.29, 0.717) is 4.47 Å². The van der Waals surface area contributed by atoms with E-state index >= 15 is 0 Å². The van der Waals surface area contributed by atoms with Gasteiger partial charge in [-0.05, 0) is 24.6 Å². The lowest BCUT2D eigenvalue weighted by Crippen LogP contribution is -2.38. The molecule has 0 fully saturated rings. The van der Waals surface area contributed by atoms with Gasteiger partial charge in [0.1, 0.15) is 18.3 Å². The van der Waals surface area contributed by atoms with Gasteiger partial charge in [-0.15, -0.1) is 0 Å². The number of nitrogens with two attached hydrogens (primary N) is 1. The SMILES string of the molecule is CCC1(c2cc(Br)ccc2F)N=C(N)COC1=C(F)F. The number of hydrogen-bond acceptors (Lipinski definition) is 3. The minimum atomic E-state index is -2.03. The number of aliphatic imine (C=N–C) groups is 1. The number of rotatable bonds is 2. The van der Waals surface area contributed by atoms with Crippen LogP contribution in [0.5, 0.6) is 0 Å². The molecule has 0 amide bonds. The van der Waals surface area contributed by atoms with Crippen LogP contribution in [0.3, 0.4) is 0 Å². The van der Waals surface area contributed by atoms with E-state index in [1.807, 2.05) is 0 Å². The van der Waals surface area contributed by atoms with Crippen molar-refractivity contribution in [2.45, 2.75) is 18.9 Å². The third-order valence-electron chi connectivity index (χ3n) is 3.13. The van der Waals surface area contributed by atoms with Gasteiger partial charge in [-0.1, -0.05) is 22.9 Å². The second-order valence-electron chi connectivity index (χ2n) is 4.32. The summed E-state index contributed by atoms with van der Waals surface area (Å²) in [6.45, 7) is 1.39. The highest BCUT2D eigenvalue weighted by atomic mass is 79.9. The third-order valence-corrected chi connectivity index (χ3v) is 3.63. The zero-order valence-electron chi connectivity index (χ0n) is 10.6. The molecule has 1 aromatic carbocycles. The first-order chi connectivity index (χ1) is 9.40. The molecule has 0 aromatic heterocycles. The molecule has 1 aromatic rings. The van der Waals surface area contributed by atoms with Gasteiger partial charge in [0.25, 0.3) is 0 Å². The highest BCUT2D eigenvalue weighted by Gasteiger charge is 2.44. The average molecular weight is 349 g/mol. The van der Waals surface area contributed by atoms with E-state index in [2.05, 4.69) is 20.9 Å². The van der Waals surface area contributed by atoms with Gasteiger partial charge in [-0.25, -0.2) is 9.38 Å². The molecule has 1 aliphatic heterocycles. The van der Waals surface area contributed by atoms with Crippen LogP contribution in [0, 0.1) is 5.82 Å². The lowest BCUT2D eigenvalue weighted by atomic mass is 9.85. The van der Waals surface area contributed by atoms with Crippen LogP contribution in [0.2, 0.25) is 0 Å². The van der Waals surface area contributed by atoms with E-state index in [-0.39, 0.29) is 24.4 Å². The minimum Gasteiger partial charge on any atom is -0.482 e. The Morgan fingerprint density at radius 1 is 1.50 bits per heavy atom. The van der Waals surface area contributed by atoms with Crippen molar-refractivity contribution < 1.29 is 17.9 Å². The normalized spacial score (nSPS) is 22.2. The highest BCUT2D eigenvalue weighted by Crippen LogP contribution is 2.43. The van der Waals surface area contributed by atoms with Crippen molar-refractivity contribution in [2.24, 2.45) is 10.7 Å². The number of nitrogens with zero attached hydrogens (tertiary/aromatic N) is 1. The van der Waals surface area contributed by atoms with Crippen molar-refractivity contribution in [3.8, 4) is 0 Å². The van der Waals surface area contributed by atoms with Crippen molar-refractivity contribution in [3.05, 3.63) is 45.9 Å². The third kappa shape index (κ3) is 2.42. The molecular formula is C13H12BrF3N2O. The van der Waals surface area contributed by atoms with E-state index in [9.17, 15) is 13.2 Å². The Balaban J connectivity index is 2.76. The number of ether oxygens (including phenoxy) is 1.